The summed E-state index contributed by atoms with van der Waals surface area (Å²) in [4.78, 5) is 13.6. The smallest absolute Gasteiger partial charge is 0.317 e. The molecular formula is C14H21ClN2O. The van der Waals surface area contributed by atoms with Gasteiger partial charge in [0.1, 0.15) is 0 Å². The second-order valence-electron chi connectivity index (χ2n) is 4.32. The molecule has 2 amide bonds. The molecule has 3 nitrogen and oxygen atoms in total. The fraction of sp³-hybridized carbons (Fsp3) is 0.500. The Morgan fingerprint density at radius 1 is 1.33 bits per heavy atom. The largest absolute Gasteiger partial charge is 0.335 e. The zero-order valence-electron chi connectivity index (χ0n) is 11.2. The lowest BCUT2D eigenvalue weighted by atomic mass is 10.1. The molecule has 0 saturated heterocycles. The Bertz CT molecular complexity index is 391. The van der Waals surface area contributed by atoms with Crippen molar-refractivity contribution in [1.82, 2.24) is 10.2 Å². The van der Waals surface area contributed by atoms with E-state index in [0.29, 0.717) is 0 Å². The molecule has 0 saturated carbocycles. The van der Waals surface area contributed by atoms with Crippen LogP contribution in [0.15, 0.2) is 24.3 Å². The molecule has 0 aliphatic rings. The van der Waals surface area contributed by atoms with Crippen molar-refractivity contribution in [2.75, 3.05) is 13.1 Å². The molecule has 1 N–H and O–H groups in total. The van der Waals surface area contributed by atoms with Crippen molar-refractivity contribution in [2.45, 2.75) is 33.2 Å². The molecular weight excluding hydrogens is 248 g/mol. The van der Waals surface area contributed by atoms with Gasteiger partial charge in [-0.15, -0.1) is 0 Å². The lowest BCUT2D eigenvalue weighted by Crippen LogP contribution is -2.44. The highest BCUT2D eigenvalue weighted by molar-refractivity contribution is 6.31. The predicted molar refractivity (Wildman–Crippen MR) is 76.1 cm³/mol. The van der Waals surface area contributed by atoms with Crippen LogP contribution in [-0.4, -0.2) is 30.1 Å². The summed E-state index contributed by atoms with van der Waals surface area (Å²) < 4.78 is 0. The van der Waals surface area contributed by atoms with Crippen LogP contribution in [0, 0.1) is 0 Å². The lowest BCUT2D eigenvalue weighted by molar-refractivity contribution is 0.200. The highest BCUT2D eigenvalue weighted by atomic mass is 35.5. The second-order valence-corrected chi connectivity index (χ2v) is 4.73. The summed E-state index contributed by atoms with van der Waals surface area (Å²) >= 11 is 6.10. The van der Waals surface area contributed by atoms with Crippen molar-refractivity contribution in [3.8, 4) is 0 Å². The number of hydrogen-bond acceptors (Lipinski definition) is 1. The summed E-state index contributed by atoms with van der Waals surface area (Å²) in [5, 5.41) is 3.74. The molecule has 1 rings (SSSR count). The third kappa shape index (κ3) is 4.22. The summed E-state index contributed by atoms with van der Waals surface area (Å²) in [5.41, 5.74) is 1.06. The Labute approximate surface area is 114 Å². The maximum Gasteiger partial charge on any atom is 0.317 e. The van der Waals surface area contributed by atoms with E-state index in [-0.39, 0.29) is 12.1 Å². The molecule has 1 atom stereocenters. The maximum atomic E-state index is 11.9. The summed E-state index contributed by atoms with van der Waals surface area (Å²) in [6, 6.07) is 7.78. The van der Waals surface area contributed by atoms with Crippen molar-refractivity contribution in [2.24, 2.45) is 0 Å². The van der Waals surface area contributed by atoms with Crippen LogP contribution in [-0.2, 0) is 6.42 Å². The Morgan fingerprint density at radius 3 is 2.50 bits per heavy atom. The van der Waals surface area contributed by atoms with Gasteiger partial charge in [-0.25, -0.2) is 4.79 Å². The monoisotopic (exact) mass is 268 g/mol. The molecule has 0 aliphatic heterocycles. The first kappa shape index (κ1) is 14.8. The van der Waals surface area contributed by atoms with Gasteiger partial charge in [0.15, 0.2) is 0 Å². The molecule has 4 heteroatoms. The van der Waals surface area contributed by atoms with E-state index in [1.807, 2.05) is 45.0 Å². The van der Waals surface area contributed by atoms with Gasteiger partial charge in [0, 0.05) is 24.2 Å². The summed E-state index contributed by atoms with van der Waals surface area (Å²) in [5.74, 6) is 0. The Balaban J connectivity index is 2.54. The predicted octanol–water partition coefficient (Wildman–Crippen LogP) is 3.32. The van der Waals surface area contributed by atoms with E-state index in [0.717, 1.165) is 30.1 Å². The molecule has 0 fully saturated rings. The fourth-order valence-corrected chi connectivity index (χ4v) is 2.07. The third-order valence-corrected chi connectivity index (χ3v) is 3.27. The highest BCUT2D eigenvalue weighted by Gasteiger charge is 2.13. The standard InChI is InChI=1S/C14H21ClN2O/c1-4-17(5-2)14(18)16-11(3)10-12-8-6-7-9-13(12)15/h6-9,11H,4-5,10H2,1-3H3,(H,16,18). The molecule has 0 aliphatic carbocycles. The molecule has 1 unspecified atom stereocenters. The van der Waals surface area contributed by atoms with Gasteiger partial charge in [-0.2, -0.15) is 0 Å². The molecule has 0 heterocycles. The van der Waals surface area contributed by atoms with Gasteiger partial charge in [-0.3, -0.25) is 0 Å². The average Bonchev–Trinajstić information content (AvgIpc) is 2.33. The van der Waals surface area contributed by atoms with Crippen LogP contribution < -0.4 is 5.32 Å². The van der Waals surface area contributed by atoms with E-state index in [1.54, 1.807) is 4.90 Å². The topological polar surface area (TPSA) is 32.3 Å². The minimum atomic E-state index is -0.0143. The fourth-order valence-electron chi connectivity index (χ4n) is 1.86. The van der Waals surface area contributed by atoms with Crippen molar-refractivity contribution in [3.05, 3.63) is 34.9 Å². The SMILES string of the molecule is CCN(CC)C(=O)NC(C)Cc1ccccc1Cl. The Morgan fingerprint density at radius 2 is 1.94 bits per heavy atom. The molecule has 0 radical (unpaired) electrons. The quantitative estimate of drug-likeness (QED) is 0.873. The first-order valence-corrected chi connectivity index (χ1v) is 6.75. The number of amides is 2. The van der Waals surface area contributed by atoms with Crippen LogP contribution in [0.4, 0.5) is 4.79 Å². The normalized spacial score (nSPS) is 12.0. The lowest BCUT2D eigenvalue weighted by Gasteiger charge is -2.22. The zero-order valence-corrected chi connectivity index (χ0v) is 12.0. The van der Waals surface area contributed by atoms with Crippen molar-refractivity contribution < 1.29 is 4.79 Å². The minimum absolute atomic E-state index is 0.0143. The number of halogens is 1. The van der Waals surface area contributed by atoms with E-state index in [2.05, 4.69) is 5.32 Å². The van der Waals surface area contributed by atoms with E-state index >= 15 is 0 Å². The Kier molecular flexibility index (Phi) is 5.99. The van der Waals surface area contributed by atoms with E-state index < -0.39 is 0 Å². The van der Waals surface area contributed by atoms with Gasteiger partial charge in [-0.1, -0.05) is 29.8 Å². The van der Waals surface area contributed by atoms with Crippen LogP contribution in [0.5, 0.6) is 0 Å². The van der Waals surface area contributed by atoms with E-state index in [9.17, 15) is 4.79 Å². The van der Waals surface area contributed by atoms with Crippen LogP contribution in [0.25, 0.3) is 0 Å². The molecule has 0 spiro atoms. The Hall–Kier alpha value is -1.22. The van der Waals surface area contributed by atoms with Crippen molar-refractivity contribution in [3.63, 3.8) is 0 Å². The van der Waals surface area contributed by atoms with Gasteiger partial charge in [0.05, 0.1) is 0 Å². The number of urea groups is 1. The van der Waals surface area contributed by atoms with Crippen LogP contribution in [0.1, 0.15) is 26.3 Å². The van der Waals surface area contributed by atoms with Crippen LogP contribution in [0.2, 0.25) is 5.02 Å². The molecule has 18 heavy (non-hydrogen) atoms. The maximum absolute atomic E-state index is 11.9. The second kappa shape index (κ2) is 7.27. The molecule has 1 aromatic rings. The molecule has 100 valence electrons. The van der Waals surface area contributed by atoms with Gasteiger partial charge in [0.2, 0.25) is 0 Å². The van der Waals surface area contributed by atoms with Gasteiger partial charge in [-0.05, 0) is 38.8 Å². The summed E-state index contributed by atoms with van der Waals surface area (Å²) in [6.45, 7) is 7.39. The van der Waals surface area contributed by atoms with E-state index in [4.69, 9.17) is 11.6 Å². The number of carbonyl (C=O) groups excluding carboxylic acids is 1. The van der Waals surface area contributed by atoms with Gasteiger partial charge < -0.3 is 10.2 Å². The molecule has 0 aromatic heterocycles. The number of hydrogen-bond donors (Lipinski definition) is 1. The molecule has 1 aromatic carbocycles. The van der Waals surface area contributed by atoms with Gasteiger partial charge >= 0.3 is 6.03 Å². The third-order valence-electron chi connectivity index (χ3n) is 2.90. The van der Waals surface area contributed by atoms with Crippen molar-refractivity contribution >= 4 is 17.6 Å². The first-order chi connectivity index (χ1) is 8.58. The number of nitrogens with zero attached hydrogens (tertiary/aromatic N) is 1. The number of carbonyl (C=O) groups is 1. The number of nitrogens with one attached hydrogen (secondary N) is 1. The van der Waals surface area contributed by atoms with Gasteiger partial charge in [0.25, 0.3) is 0 Å². The highest BCUT2D eigenvalue weighted by Crippen LogP contribution is 2.16. The minimum Gasteiger partial charge on any atom is -0.335 e. The number of benzene rings is 1. The average molecular weight is 269 g/mol. The number of rotatable bonds is 5. The van der Waals surface area contributed by atoms with E-state index in [1.165, 1.54) is 0 Å². The first-order valence-electron chi connectivity index (χ1n) is 6.37. The van der Waals surface area contributed by atoms with Crippen molar-refractivity contribution in [1.29, 1.82) is 0 Å². The van der Waals surface area contributed by atoms with Crippen LogP contribution >= 0.6 is 11.6 Å². The molecule has 0 bridgehead atoms. The zero-order chi connectivity index (χ0) is 13.5. The summed E-state index contributed by atoms with van der Waals surface area (Å²) in [6.07, 6.45) is 0.743. The summed E-state index contributed by atoms with van der Waals surface area (Å²) in [7, 11) is 0. The van der Waals surface area contributed by atoms with Crippen LogP contribution in [0.3, 0.4) is 0 Å².